The van der Waals surface area contributed by atoms with Crippen molar-refractivity contribution in [1.29, 1.82) is 0 Å². The smallest absolute Gasteiger partial charge is 0.123 e. The zero-order valence-electron chi connectivity index (χ0n) is 11.5. The molecule has 0 amide bonds. The molecule has 0 saturated heterocycles. The molecule has 0 spiro atoms. The van der Waals surface area contributed by atoms with Gasteiger partial charge in [0.25, 0.3) is 0 Å². The standard InChI is InChI=1S/C15H23BrFN/c1-4-11(3)8-14(5-2)18-10-12-9-13(17)6-7-15(12)16/h6-7,9,11,14,18H,4-5,8,10H2,1-3H3. The lowest BCUT2D eigenvalue weighted by molar-refractivity contribution is 0.383. The summed E-state index contributed by atoms with van der Waals surface area (Å²) in [5, 5.41) is 3.52. The molecule has 1 nitrogen and oxygen atoms in total. The van der Waals surface area contributed by atoms with E-state index >= 15 is 0 Å². The number of nitrogens with one attached hydrogen (secondary N) is 1. The van der Waals surface area contributed by atoms with Gasteiger partial charge < -0.3 is 5.32 Å². The Morgan fingerprint density at radius 1 is 1.28 bits per heavy atom. The largest absolute Gasteiger partial charge is 0.310 e. The molecule has 2 atom stereocenters. The summed E-state index contributed by atoms with van der Waals surface area (Å²) in [6, 6.07) is 5.34. The second-order valence-electron chi connectivity index (χ2n) is 4.97. The van der Waals surface area contributed by atoms with Gasteiger partial charge in [0, 0.05) is 17.1 Å². The zero-order valence-corrected chi connectivity index (χ0v) is 13.1. The van der Waals surface area contributed by atoms with Gasteiger partial charge in [-0.15, -0.1) is 0 Å². The van der Waals surface area contributed by atoms with Crippen molar-refractivity contribution >= 4 is 15.9 Å². The maximum atomic E-state index is 13.2. The number of halogens is 2. The highest BCUT2D eigenvalue weighted by Crippen LogP contribution is 2.19. The van der Waals surface area contributed by atoms with Crippen molar-refractivity contribution < 1.29 is 4.39 Å². The molecule has 3 heteroatoms. The highest BCUT2D eigenvalue weighted by Gasteiger charge is 2.11. The fourth-order valence-electron chi connectivity index (χ4n) is 1.98. The van der Waals surface area contributed by atoms with Crippen LogP contribution in [0, 0.1) is 11.7 Å². The Hall–Kier alpha value is -0.410. The van der Waals surface area contributed by atoms with Crippen molar-refractivity contribution in [2.75, 3.05) is 0 Å². The zero-order chi connectivity index (χ0) is 13.5. The van der Waals surface area contributed by atoms with E-state index in [2.05, 4.69) is 42.0 Å². The minimum Gasteiger partial charge on any atom is -0.310 e. The fraction of sp³-hybridized carbons (Fsp3) is 0.600. The summed E-state index contributed by atoms with van der Waals surface area (Å²) >= 11 is 3.46. The average molecular weight is 316 g/mol. The van der Waals surface area contributed by atoms with Gasteiger partial charge in [0.05, 0.1) is 0 Å². The van der Waals surface area contributed by atoms with Crippen LogP contribution in [-0.4, -0.2) is 6.04 Å². The first-order chi connectivity index (χ1) is 8.56. The summed E-state index contributed by atoms with van der Waals surface area (Å²) < 4.78 is 14.1. The lowest BCUT2D eigenvalue weighted by Crippen LogP contribution is -2.29. The van der Waals surface area contributed by atoms with Crippen LogP contribution in [0.2, 0.25) is 0 Å². The molecule has 1 N–H and O–H groups in total. The lowest BCUT2D eigenvalue weighted by Gasteiger charge is -2.20. The van der Waals surface area contributed by atoms with Crippen LogP contribution < -0.4 is 5.32 Å². The summed E-state index contributed by atoms with van der Waals surface area (Å²) in [6.07, 6.45) is 3.50. The Morgan fingerprint density at radius 3 is 2.61 bits per heavy atom. The first-order valence-electron chi connectivity index (χ1n) is 6.74. The number of hydrogen-bond donors (Lipinski definition) is 1. The van der Waals surface area contributed by atoms with Crippen molar-refractivity contribution in [3.05, 3.63) is 34.1 Å². The third kappa shape index (κ3) is 5.07. The molecule has 0 bridgehead atoms. The van der Waals surface area contributed by atoms with Crippen LogP contribution in [0.3, 0.4) is 0 Å². The molecule has 0 aliphatic rings. The highest BCUT2D eigenvalue weighted by molar-refractivity contribution is 9.10. The van der Waals surface area contributed by atoms with E-state index in [1.54, 1.807) is 12.1 Å². The molecule has 2 unspecified atom stereocenters. The Kier molecular flexibility index (Phi) is 6.87. The van der Waals surface area contributed by atoms with Gasteiger partial charge in [-0.05, 0) is 42.5 Å². The molecule has 0 radical (unpaired) electrons. The van der Waals surface area contributed by atoms with E-state index in [1.807, 2.05) is 0 Å². The van der Waals surface area contributed by atoms with Crippen LogP contribution in [0.1, 0.15) is 45.6 Å². The second-order valence-corrected chi connectivity index (χ2v) is 5.83. The molecule has 102 valence electrons. The Balaban J connectivity index is 2.54. The predicted molar refractivity (Wildman–Crippen MR) is 79.1 cm³/mol. The van der Waals surface area contributed by atoms with Gasteiger partial charge in [-0.1, -0.05) is 43.1 Å². The van der Waals surface area contributed by atoms with E-state index in [4.69, 9.17) is 0 Å². The van der Waals surface area contributed by atoms with Crippen molar-refractivity contribution in [2.45, 2.75) is 52.6 Å². The van der Waals surface area contributed by atoms with Gasteiger partial charge in [-0.25, -0.2) is 4.39 Å². The van der Waals surface area contributed by atoms with Crippen LogP contribution >= 0.6 is 15.9 Å². The molecule has 0 aliphatic heterocycles. The first kappa shape index (κ1) is 15.6. The molecule has 0 aromatic heterocycles. The van der Waals surface area contributed by atoms with Crippen LogP contribution in [0.4, 0.5) is 4.39 Å². The normalized spacial score (nSPS) is 14.5. The lowest BCUT2D eigenvalue weighted by atomic mass is 9.97. The fourth-order valence-corrected chi connectivity index (χ4v) is 2.37. The minimum atomic E-state index is -0.176. The van der Waals surface area contributed by atoms with Crippen LogP contribution in [0.5, 0.6) is 0 Å². The topological polar surface area (TPSA) is 12.0 Å². The SMILES string of the molecule is CCC(C)CC(CC)NCc1cc(F)ccc1Br. The third-order valence-electron chi connectivity index (χ3n) is 3.47. The van der Waals surface area contributed by atoms with Gasteiger partial charge in [-0.3, -0.25) is 0 Å². The van der Waals surface area contributed by atoms with E-state index in [0.29, 0.717) is 12.6 Å². The van der Waals surface area contributed by atoms with Crippen molar-refractivity contribution in [3.63, 3.8) is 0 Å². The average Bonchev–Trinajstić information content (AvgIpc) is 2.37. The Labute approximate surface area is 118 Å². The molecule has 1 rings (SSSR count). The quantitative estimate of drug-likeness (QED) is 0.755. The monoisotopic (exact) mass is 315 g/mol. The van der Waals surface area contributed by atoms with E-state index in [9.17, 15) is 4.39 Å². The summed E-state index contributed by atoms with van der Waals surface area (Å²) in [6.45, 7) is 7.41. The van der Waals surface area contributed by atoms with Gasteiger partial charge in [0.2, 0.25) is 0 Å². The molecule has 0 aliphatic carbocycles. The van der Waals surface area contributed by atoms with E-state index in [0.717, 1.165) is 22.4 Å². The van der Waals surface area contributed by atoms with Gasteiger partial charge in [-0.2, -0.15) is 0 Å². The summed E-state index contributed by atoms with van der Waals surface area (Å²) in [5.41, 5.74) is 0.984. The van der Waals surface area contributed by atoms with Gasteiger partial charge in [0.15, 0.2) is 0 Å². The Morgan fingerprint density at radius 2 is 2.00 bits per heavy atom. The predicted octanol–water partition coefficient (Wildman–Crippen LogP) is 4.89. The summed E-state index contributed by atoms with van der Waals surface area (Å²) in [7, 11) is 0. The molecule has 0 fully saturated rings. The summed E-state index contributed by atoms with van der Waals surface area (Å²) in [4.78, 5) is 0. The minimum absolute atomic E-state index is 0.176. The molecule has 1 aromatic rings. The van der Waals surface area contributed by atoms with Crippen molar-refractivity contribution in [3.8, 4) is 0 Å². The molecule has 0 saturated carbocycles. The van der Waals surface area contributed by atoms with Crippen LogP contribution in [-0.2, 0) is 6.54 Å². The van der Waals surface area contributed by atoms with Gasteiger partial charge in [0.1, 0.15) is 5.82 Å². The Bertz CT molecular complexity index is 368. The molecular formula is C15H23BrFN. The van der Waals surface area contributed by atoms with E-state index in [1.165, 1.54) is 18.9 Å². The highest BCUT2D eigenvalue weighted by atomic mass is 79.9. The number of hydrogen-bond acceptors (Lipinski definition) is 1. The van der Waals surface area contributed by atoms with E-state index in [-0.39, 0.29) is 5.82 Å². The van der Waals surface area contributed by atoms with Crippen molar-refractivity contribution in [2.24, 2.45) is 5.92 Å². The third-order valence-corrected chi connectivity index (χ3v) is 4.24. The van der Waals surface area contributed by atoms with Crippen molar-refractivity contribution in [1.82, 2.24) is 5.32 Å². The van der Waals surface area contributed by atoms with E-state index < -0.39 is 0 Å². The summed E-state index contributed by atoms with van der Waals surface area (Å²) in [5.74, 6) is 0.559. The number of rotatable bonds is 7. The second kappa shape index (κ2) is 7.90. The maximum Gasteiger partial charge on any atom is 0.123 e. The molecule has 0 heterocycles. The molecule has 18 heavy (non-hydrogen) atoms. The number of benzene rings is 1. The van der Waals surface area contributed by atoms with Crippen LogP contribution in [0.25, 0.3) is 0 Å². The van der Waals surface area contributed by atoms with Crippen LogP contribution in [0.15, 0.2) is 22.7 Å². The maximum absolute atomic E-state index is 13.2. The molecular weight excluding hydrogens is 293 g/mol. The first-order valence-corrected chi connectivity index (χ1v) is 7.53. The molecule has 1 aromatic carbocycles. The van der Waals surface area contributed by atoms with Gasteiger partial charge >= 0.3 is 0 Å².